The van der Waals surface area contributed by atoms with E-state index in [0.717, 1.165) is 18.8 Å². The lowest BCUT2D eigenvalue weighted by Crippen LogP contribution is -2.17. The highest BCUT2D eigenvalue weighted by molar-refractivity contribution is 5.51. The standard InChI is InChI=1S/C13H16N4O/c18-10-13-9-14-15-17(13)12-5-3-11(4-6-12)16-7-1-2-8-16/h3-6,9,18H,1-2,7-8,10H2. The largest absolute Gasteiger partial charge is 0.390 e. The first-order chi connectivity index (χ1) is 8.88. The van der Waals surface area contributed by atoms with Gasteiger partial charge in [-0.05, 0) is 37.1 Å². The number of aromatic nitrogens is 3. The summed E-state index contributed by atoms with van der Waals surface area (Å²) in [5.41, 5.74) is 2.88. The zero-order valence-electron chi connectivity index (χ0n) is 10.2. The molecule has 0 radical (unpaired) electrons. The minimum absolute atomic E-state index is 0.0547. The number of aliphatic hydroxyl groups excluding tert-OH is 1. The molecule has 1 saturated heterocycles. The molecule has 1 fully saturated rings. The van der Waals surface area contributed by atoms with E-state index in [0.29, 0.717) is 5.69 Å². The van der Waals surface area contributed by atoms with Crippen LogP contribution in [0, 0.1) is 0 Å². The summed E-state index contributed by atoms with van der Waals surface area (Å²) in [5, 5.41) is 17.0. The average Bonchev–Trinajstić information content (AvgIpc) is 3.10. The highest BCUT2D eigenvalue weighted by atomic mass is 16.3. The Morgan fingerprint density at radius 3 is 2.39 bits per heavy atom. The molecule has 0 bridgehead atoms. The van der Waals surface area contributed by atoms with Gasteiger partial charge in [0.15, 0.2) is 0 Å². The average molecular weight is 244 g/mol. The van der Waals surface area contributed by atoms with Crippen LogP contribution in [0.15, 0.2) is 30.5 Å². The summed E-state index contributed by atoms with van der Waals surface area (Å²) in [5.74, 6) is 0. The van der Waals surface area contributed by atoms with Gasteiger partial charge in [0.05, 0.1) is 24.2 Å². The normalized spacial score (nSPS) is 15.3. The number of hydrogen-bond donors (Lipinski definition) is 1. The van der Waals surface area contributed by atoms with Crippen LogP contribution in [0.2, 0.25) is 0 Å². The van der Waals surface area contributed by atoms with Crippen molar-refractivity contribution in [3.8, 4) is 5.69 Å². The topological polar surface area (TPSA) is 54.2 Å². The van der Waals surface area contributed by atoms with Gasteiger partial charge < -0.3 is 10.0 Å². The molecular formula is C13H16N4O. The predicted molar refractivity (Wildman–Crippen MR) is 68.7 cm³/mol. The maximum Gasteiger partial charge on any atom is 0.0900 e. The highest BCUT2D eigenvalue weighted by Crippen LogP contribution is 2.21. The molecule has 1 aliphatic heterocycles. The van der Waals surface area contributed by atoms with Crippen molar-refractivity contribution in [2.75, 3.05) is 18.0 Å². The van der Waals surface area contributed by atoms with Gasteiger partial charge in [-0.2, -0.15) is 0 Å². The van der Waals surface area contributed by atoms with Gasteiger partial charge in [-0.25, -0.2) is 4.68 Å². The Balaban J connectivity index is 1.86. The lowest BCUT2D eigenvalue weighted by atomic mass is 10.2. The van der Waals surface area contributed by atoms with Gasteiger partial charge in [0, 0.05) is 18.8 Å². The Morgan fingerprint density at radius 1 is 1.06 bits per heavy atom. The molecule has 5 heteroatoms. The van der Waals surface area contributed by atoms with E-state index in [2.05, 4.69) is 27.3 Å². The third-order valence-corrected chi connectivity index (χ3v) is 3.35. The Morgan fingerprint density at radius 2 is 1.72 bits per heavy atom. The summed E-state index contributed by atoms with van der Waals surface area (Å²) in [7, 11) is 0. The smallest absolute Gasteiger partial charge is 0.0900 e. The Bertz CT molecular complexity index is 514. The van der Waals surface area contributed by atoms with Crippen molar-refractivity contribution in [3.05, 3.63) is 36.2 Å². The monoisotopic (exact) mass is 244 g/mol. The molecule has 0 saturated carbocycles. The molecule has 18 heavy (non-hydrogen) atoms. The number of benzene rings is 1. The predicted octanol–water partition coefficient (Wildman–Crippen LogP) is 1.36. The van der Waals surface area contributed by atoms with Gasteiger partial charge in [-0.3, -0.25) is 0 Å². The maximum absolute atomic E-state index is 9.19. The second-order valence-corrected chi connectivity index (χ2v) is 4.51. The minimum atomic E-state index is -0.0547. The summed E-state index contributed by atoms with van der Waals surface area (Å²) < 4.78 is 1.66. The Hall–Kier alpha value is -1.88. The molecule has 0 atom stereocenters. The summed E-state index contributed by atoms with van der Waals surface area (Å²) >= 11 is 0. The second-order valence-electron chi connectivity index (χ2n) is 4.51. The van der Waals surface area contributed by atoms with Gasteiger partial charge in [0.2, 0.25) is 0 Å². The van der Waals surface area contributed by atoms with E-state index in [1.165, 1.54) is 18.5 Å². The van der Waals surface area contributed by atoms with Crippen LogP contribution in [0.5, 0.6) is 0 Å². The molecule has 2 heterocycles. The van der Waals surface area contributed by atoms with E-state index in [4.69, 9.17) is 0 Å². The van der Waals surface area contributed by atoms with E-state index in [-0.39, 0.29) is 6.61 Å². The lowest BCUT2D eigenvalue weighted by Gasteiger charge is -2.17. The fourth-order valence-corrected chi connectivity index (χ4v) is 2.36. The molecule has 94 valence electrons. The molecule has 2 aromatic rings. The van der Waals surface area contributed by atoms with Gasteiger partial charge in [-0.1, -0.05) is 5.21 Å². The van der Waals surface area contributed by atoms with Crippen molar-refractivity contribution in [1.29, 1.82) is 0 Å². The van der Waals surface area contributed by atoms with Gasteiger partial charge in [0.1, 0.15) is 0 Å². The number of hydrogen-bond acceptors (Lipinski definition) is 4. The number of anilines is 1. The molecule has 3 rings (SSSR count). The van der Waals surface area contributed by atoms with Crippen molar-refractivity contribution in [3.63, 3.8) is 0 Å². The number of aliphatic hydroxyl groups is 1. The molecule has 0 amide bonds. The fourth-order valence-electron chi connectivity index (χ4n) is 2.36. The zero-order chi connectivity index (χ0) is 12.4. The van der Waals surface area contributed by atoms with E-state index in [1.54, 1.807) is 10.9 Å². The van der Waals surface area contributed by atoms with Crippen molar-refractivity contribution in [2.24, 2.45) is 0 Å². The first-order valence-electron chi connectivity index (χ1n) is 6.24. The molecule has 0 aliphatic carbocycles. The van der Waals surface area contributed by atoms with Crippen molar-refractivity contribution < 1.29 is 5.11 Å². The summed E-state index contributed by atoms with van der Waals surface area (Å²) in [6.45, 7) is 2.23. The zero-order valence-corrected chi connectivity index (χ0v) is 10.2. The number of rotatable bonds is 3. The Kier molecular flexibility index (Phi) is 2.98. The molecule has 1 aromatic heterocycles. The molecular weight excluding hydrogens is 228 g/mol. The molecule has 1 aliphatic rings. The van der Waals surface area contributed by atoms with E-state index < -0.39 is 0 Å². The van der Waals surface area contributed by atoms with Crippen LogP contribution in [0.4, 0.5) is 5.69 Å². The van der Waals surface area contributed by atoms with Gasteiger partial charge in [-0.15, -0.1) is 5.10 Å². The molecule has 0 spiro atoms. The van der Waals surface area contributed by atoms with Crippen molar-refractivity contribution >= 4 is 5.69 Å². The third-order valence-electron chi connectivity index (χ3n) is 3.35. The van der Waals surface area contributed by atoms with Crippen LogP contribution in [0.25, 0.3) is 5.69 Å². The SMILES string of the molecule is OCc1cnnn1-c1ccc(N2CCCC2)cc1. The summed E-state index contributed by atoms with van der Waals surface area (Å²) in [4.78, 5) is 2.39. The summed E-state index contributed by atoms with van der Waals surface area (Å²) in [6.07, 6.45) is 4.13. The number of nitrogens with zero attached hydrogens (tertiary/aromatic N) is 4. The molecule has 1 N–H and O–H groups in total. The van der Waals surface area contributed by atoms with Crippen LogP contribution in [-0.2, 0) is 6.61 Å². The fraction of sp³-hybridized carbons (Fsp3) is 0.385. The molecule has 0 unspecified atom stereocenters. The summed E-state index contributed by atoms with van der Waals surface area (Å²) in [6, 6.07) is 8.23. The van der Waals surface area contributed by atoms with E-state index >= 15 is 0 Å². The van der Waals surface area contributed by atoms with Crippen molar-refractivity contribution in [1.82, 2.24) is 15.0 Å². The third kappa shape index (κ3) is 1.97. The first-order valence-corrected chi connectivity index (χ1v) is 6.24. The quantitative estimate of drug-likeness (QED) is 0.885. The van der Waals surface area contributed by atoms with Crippen LogP contribution in [0.3, 0.4) is 0 Å². The van der Waals surface area contributed by atoms with Crippen LogP contribution in [0.1, 0.15) is 18.5 Å². The van der Waals surface area contributed by atoms with Crippen LogP contribution in [-0.4, -0.2) is 33.2 Å². The maximum atomic E-state index is 9.19. The van der Waals surface area contributed by atoms with Crippen LogP contribution < -0.4 is 4.90 Å². The Labute approximate surface area is 106 Å². The minimum Gasteiger partial charge on any atom is -0.390 e. The second kappa shape index (κ2) is 4.78. The van der Waals surface area contributed by atoms with E-state index in [1.807, 2.05) is 12.1 Å². The molecule has 5 nitrogen and oxygen atoms in total. The molecule has 1 aromatic carbocycles. The highest BCUT2D eigenvalue weighted by Gasteiger charge is 2.12. The van der Waals surface area contributed by atoms with Crippen molar-refractivity contribution in [2.45, 2.75) is 19.4 Å². The van der Waals surface area contributed by atoms with Gasteiger partial charge in [0.25, 0.3) is 0 Å². The van der Waals surface area contributed by atoms with E-state index in [9.17, 15) is 5.11 Å². The lowest BCUT2D eigenvalue weighted by molar-refractivity contribution is 0.273. The van der Waals surface area contributed by atoms with Crippen LogP contribution >= 0.6 is 0 Å². The van der Waals surface area contributed by atoms with Gasteiger partial charge >= 0.3 is 0 Å². The first kappa shape index (κ1) is 11.2.